The molecule has 0 aliphatic rings. The minimum absolute atomic E-state index is 0.335. The standard InChI is InChI=1S/C9H10BrNO4S/c1-15-9(12)7-4-3-6(5-8(7)10)11-16(2,13)14/h3-5,11H,1-2H3. The van der Waals surface area contributed by atoms with E-state index in [4.69, 9.17) is 0 Å². The van der Waals surface area contributed by atoms with E-state index in [1.165, 1.54) is 25.3 Å². The van der Waals surface area contributed by atoms with E-state index in [1.54, 1.807) is 0 Å². The Kier molecular flexibility index (Phi) is 3.93. The first-order chi connectivity index (χ1) is 7.33. The molecule has 88 valence electrons. The van der Waals surface area contributed by atoms with Crippen LogP contribution in [0, 0.1) is 0 Å². The van der Waals surface area contributed by atoms with E-state index in [2.05, 4.69) is 25.4 Å². The number of hydrogen-bond acceptors (Lipinski definition) is 4. The molecule has 7 heteroatoms. The van der Waals surface area contributed by atoms with Crippen LogP contribution >= 0.6 is 15.9 Å². The van der Waals surface area contributed by atoms with Gasteiger partial charge >= 0.3 is 5.97 Å². The molecule has 0 radical (unpaired) electrons. The van der Waals surface area contributed by atoms with Crippen LogP contribution in [0.15, 0.2) is 22.7 Å². The quantitative estimate of drug-likeness (QED) is 0.861. The molecule has 0 fully saturated rings. The van der Waals surface area contributed by atoms with Crippen LogP contribution in [-0.4, -0.2) is 27.8 Å². The van der Waals surface area contributed by atoms with Gasteiger partial charge in [0.05, 0.1) is 18.9 Å². The van der Waals surface area contributed by atoms with E-state index in [1.807, 2.05) is 0 Å². The van der Waals surface area contributed by atoms with Crippen molar-refractivity contribution in [3.05, 3.63) is 28.2 Å². The van der Waals surface area contributed by atoms with Crippen molar-refractivity contribution < 1.29 is 17.9 Å². The summed E-state index contributed by atoms with van der Waals surface area (Å²) in [5.41, 5.74) is 0.712. The predicted molar refractivity (Wildman–Crippen MR) is 63.9 cm³/mol. The number of carbonyl (C=O) groups is 1. The zero-order valence-corrected chi connectivity index (χ0v) is 11.1. The number of rotatable bonds is 3. The van der Waals surface area contributed by atoms with E-state index in [0.717, 1.165) is 6.26 Å². The minimum atomic E-state index is -3.32. The Morgan fingerprint density at radius 3 is 2.50 bits per heavy atom. The molecular formula is C9H10BrNO4S. The predicted octanol–water partition coefficient (Wildman–Crippen LogP) is 1.61. The summed E-state index contributed by atoms with van der Waals surface area (Å²) in [6.45, 7) is 0. The number of ether oxygens (including phenoxy) is 1. The second kappa shape index (κ2) is 4.84. The van der Waals surface area contributed by atoms with Gasteiger partial charge in [-0.25, -0.2) is 13.2 Å². The fourth-order valence-corrected chi connectivity index (χ4v) is 2.16. The third kappa shape index (κ3) is 3.49. The highest BCUT2D eigenvalue weighted by Crippen LogP contribution is 2.22. The first-order valence-corrected chi connectivity index (χ1v) is 6.87. The number of benzene rings is 1. The highest BCUT2D eigenvalue weighted by atomic mass is 79.9. The first kappa shape index (κ1) is 13.0. The number of nitrogens with one attached hydrogen (secondary N) is 1. The Morgan fingerprint density at radius 1 is 1.44 bits per heavy atom. The van der Waals surface area contributed by atoms with Crippen LogP contribution in [0.25, 0.3) is 0 Å². The van der Waals surface area contributed by atoms with Gasteiger partial charge in [-0.1, -0.05) is 0 Å². The van der Waals surface area contributed by atoms with Crippen molar-refractivity contribution in [2.24, 2.45) is 0 Å². The van der Waals surface area contributed by atoms with Crippen LogP contribution in [0.2, 0.25) is 0 Å². The highest BCUT2D eigenvalue weighted by molar-refractivity contribution is 9.10. The first-order valence-electron chi connectivity index (χ1n) is 4.19. The highest BCUT2D eigenvalue weighted by Gasteiger charge is 2.11. The Morgan fingerprint density at radius 2 is 2.06 bits per heavy atom. The van der Waals surface area contributed by atoms with Gasteiger partial charge in [-0.05, 0) is 34.1 Å². The molecular weight excluding hydrogens is 298 g/mol. The monoisotopic (exact) mass is 307 g/mol. The Labute approximate surface area is 102 Å². The molecule has 5 nitrogen and oxygen atoms in total. The summed E-state index contributed by atoms with van der Waals surface area (Å²) < 4.78 is 29.2. The van der Waals surface area contributed by atoms with Crippen molar-refractivity contribution in [1.82, 2.24) is 0 Å². The lowest BCUT2D eigenvalue weighted by Crippen LogP contribution is -2.10. The molecule has 16 heavy (non-hydrogen) atoms. The molecule has 1 aromatic rings. The number of hydrogen-bond donors (Lipinski definition) is 1. The average molecular weight is 308 g/mol. The summed E-state index contributed by atoms with van der Waals surface area (Å²) in [6.07, 6.45) is 1.05. The number of esters is 1. The summed E-state index contributed by atoms with van der Waals surface area (Å²) >= 11 is 3.16. The van der Waals surface area contributed by atoms with E-state index < -0.39 is 16.0 Å². The van der Waals surface area contributed by atoms with Crippen molar-refractivity contribution >= 4 is 37.6 Å². The number of halogens is 1. The third-order valence-corrected chi connectivity index (χ3v) is 2.94. The molecule has 0 saturated carbocycles. The Bertz CT molecular complexity index is 512. The second-order valence-electron chi connectivity index (χ2n) is 3.06. The lowest BCUT2D eigenvalue weighted by Gasteiger charge is -2.06. The summed E-state index contributed by atoms with van der Waals surface area (Å²) in [4.78, 5) is 11.2. The maximum absolute atomic E-state index is 11.2. The summed E-state index contributed by atoms with van der Waals surface area (Å²) in [7, 11) is -2.04. The second-order valence-corrected chi connectivity index (χ2v) is 5.66. The van der Waals surface area contributed by atoms with Crippen molar-refractivity contribution in [2.45, 2.75) is 0 Å². The average Bonchev–Trinajstić information content (AvgIpc) is 2.14. The van der Waals surface area contributed by atoms with Crippen molar-refractivity contribution in [1.29, 1.82) is 0 Å². The molecule has 0 atom stereocenters. The number of sulfonamides is 1. The van der Waals surface area contributed by atoms with Gasteiger partial charge in [0.15, 0.2) is 0 Å². The van der Waals surface area contributed by atoms with Crippen LogP contribution < -0.4 is 4.72 Å². The van der Waals surface area contributed by atoms with Crippen LogP contribution in [0.1, 0.15) is 10.4 Å². The number of methoxy groups -OCH3 is 1. The molecule has 0 bridgehead atoms. The largest absolute Gasteiger partial charge is 0.465 e. The molecule has 1 aromatic carbocycles. The zero-order chi connectivity index (χ0) is 12.3. The molecule has 1 rings (SSSR count). The van der Waals surface area contributed by atoms with E-state index in [9.17, 15) is 13.2 Å². The molecule has 0 amide bonds. The van der Waals surface area contributed by atoms with Gasteiger partial charge in [-0.2, -0.15) is 0 Å². The molecule has 0 aliphatic heterocycles. The van der Waals surface area contributed by atoms with E-state index >= 15 is 0 Å². The molecule has 0 aromatic heterocycles. The molecule has 0 heterocycles. The van der Waals surface area contributed by atoms with E-state index in [-0.39, 0.29) is 0 Å². The van der Waals surface area contributed by atoms with Gasteiger partial charge in [0.25, 0.3) is 0 Å². The third-order valence-electron chi connectivity index (χ3n) is 1.68. The zero-order valence-electron chi connectivity index (χ0n) is 8.65. The Balaban J connectivity index is 3.05. The van der Waals surface area contributed by atoms with Crippen molar-refractivity contribution in [3.63, 3.8) is 0 Å². The summed E-state index contributed by atoms with van der Waals surface area (Å²) in [5.74, 6) is -0.488. The van der Waals surface area contributed by atoms with Gasteiger partial charge in [-0.15, -0.1) is 0 Å². The van der Waals surface area contributed by atoms with Crippen LogP contribution in [0.4, 0.5) is 5.69 Å². The lowest BCUT2D eigenvalue weighted by atomic mass is 10.2. The lowest BCUT2D eigenvalue weighted by molar-refractivity contribution is 0.0599. The van der Waals surface area contributed by atoms with Gasteiger partial charge in [-0.3, -0.25) is 4.72 Å². The van der Waals surface area contributed by atoms with Crippen LogP contribution in [0.3, 0.4) is 0 Å². The van der Waals surface area contributed by atoms with Crippen molar-refractivity contribution in [2.75, 3.05) is 18.1 Å². The van der Waals surface area contributed by atoms with Gasteiger partial charge in [0.2, 0.25) is 10.0 Å². The maximum atomic E-state index is 11.2. The van der Waals surface area contributed by atoms with Gasteiger partial charge in [0.1, 0.15) is 0 Å². The van der Waals surface area contributed by atoms with Crippen LogP contribution in [0.5, 0.6) is 0 Å². The minimum Gasteiger partial charge on any atom is -0.465 e. The topological polar surface area (TPSA) is 72.5 Å². The summed E-state index contributed by atoms with van der Waals surface area (Å²) in [5, 5.41) is 0. The maximum Gasteiger partial charge on any atom is 0.339 e. The fourth-order valence-electron chi connectivity index (χ4n) is 1.07. The normalized spacial score (nSPS) is 10.9. The van der Waals surface area contributed by atoms with Gasteiger partial charge < -0.3 is 4.74 Å². The molecule has 0 aliphatic carbocycles. The Hall–Kier alpha value is -1.08. The molecule has 0 unspecified atom stereocenters. The molecule has 0 saturated heterocycles. The number of anilines is 1. The van der Waals surface area contributed by atoms with E-state index in [0.29, 0.717) is 15.7 Å². The van der Waals surface area contributed by atoms with Crippen molar-refractivity contribution in [3.8, 4) is 0 Å². The summed E-state index contributed by atoms with van der Waals surface area (Å²) in [6, 6.07) is 4.45. The molecule has 1 N–H and O–H groups in total. The fraction of sp³-hybridized carbons (Fsp3) is 0.222. The smallest absolute Gasteiger partial charge is 0.339 e. The van der Waals surface area contributed by atoms with Gasteiger partial charge in [0, 0.05) is 10.2 Å². The number of carbonyl (C=O) groups excluding carboxylic acids is 1. The van der Waals surface area contributed by atoms with Crippen LogP contribution in [-0.2, 0) is 14.8 Å². The SMILES string of the molecule is COC(=O)c1ccc(NS(C)(=O)=O)cc1Br. The molecule has 0 spiro atoms.